The van der Waals surface area contributed by atoms with Gasteiger partial charge in [-0.05, 0) is 44.2 Å². The summed E-state index contributed by atoms with van der Waals surface area (Å²) in [5, 5.41) is 9.83. The van der Waals surface area contributed by atoms with Gasteiger partial charge in [-0.2, -0.15) is 0 Å². The van der Waals surface area contributed by atoms with E-state index < -0.39 is 23.1 Å². The van der Waals surface area contributed by atoms with Crippen LogP contribution in [0.3, 0.4) is 0 Å². The molecular weight excluding hydrogens is 558 g/mol. The molecule has 3 aliphatic heterocycles. The highest BCUT2D eigenvalue weighted by molar-refractivity contribution is 5.97. The van der Waals surface area contributed by atoms with E-state index in [9.17, 15) is 28.3 Å². The Bertz CT molecular complexity index is 1420. The Morgan fingerprint density at radius 1 is 1.09 bits per heavy atom. The molecule has 0 spiro atoms. The lowest BCUT2D eigenvalue weighted by atomic mass is 9.91. The highest BCUT2D eigenvalue weighted by atomic mass is 19.1. The van der Waals surface area contributed by atoms with Crippen molar-refractivity contribution in [2.24, 2.45) is 0 Å². The summed E-state index contributed by atoms with van der Waals surface area (Å²) in [6.45, 7) is 10.1. The van der Waals surface area contributed by atoms with Gasteiger partial charge in [0.25, 0.3) is 0 Å². The number of nitrogens with zero attached hydrogens (tertiary/aromatic N) is 6. The second kappa shape index (κ2) is 11.8. The third-order valence-corrected chi connectivity index (χ3v) is 9.06. The van der Waals surface area contributed by atoms with E-state index in [0.29, 0.717) is 49.5 Å². The number of carbonyl (C=O) groups excluding carboxylic acids is 2. The fraction of sp³-hybridized carbons (Fsp3) is 0.548. The number of carbonyl (C=O) groups is 3. The normalized spacial score (nSPS) is 24.4. The molecule has 0 radical (unpaired) electrons. The van der Waals surface area contributed by atoms with Crippen molar-refractivity contribution in [1.29, 1.82) is 0 Å². The molecule has 2 aromatic rings. The Morgan fingerprint density at radius 3 is 2.53 bits per heavy atom. The molecule has 0 bridgehead atoms. The van der Waals surface area contributed by atoms with Gasteiger partial charge in [0.1, 0.15) is 11.6 Å². The molecule has 1 aromatic heterocycles. The van der Waals surface area contributed by atoms with Gasteiger partial charge in [0.2, 0.25) is 11.8 Å². The average molecular weight is 599 g/mol. The zero-order valence-electron chi connectivity index (χ0n) is 25.4. The van der Waals surface area contributed by atoms with E-state index in [1.165, 1.54) is 17.0 Å². The number of hydrogen-bond acceptors (Lipinski definition) is 6. The Hall–Kier alpha value is -3.64. The number of amides is 3. The maximum absolute atomic E-state index is 14.4. The van der Waals surface area contributed by atoms with Crippen LogP contribution in [0.25, 0.3) is 0 Å². The van der Waals surface area contributed by atoms with Crippen LogP contribution in [0, 0.1) is 11.6 Å². The number of anilines is 1. The molecule has 3 aliphatic rings. The van der Waals surface area contributed by atoms with Crippen LogP contribution in [0.5, 0.6) is 0 Å². The first-order valence-corrected chi connectivity index (χ1v) is 14.7. The van der Waals surface area contributed by atoms with Crippen LogP contribution in [0.15, 0.2) is 30.5 Å². The first-order valence-electron chi connectivity index (χ1n) is 14.7. The smallest absolute Gasteiger partial charge is 0.407 e. The molecule has 5 rings (SSSR count). The minimum atomic E-state index is -1.02. The maximum Gasteiger partial charge on any atom is 0.407 e. The van der Waals surface area contributed by atoms with Gasteiger partial charge in [0.15, 0.2) is 0 Å². The largest absolute Gasteiger partial charge is 0.465 e. The number of fused-ring (bicyclic) bond motifs is 1. The summed E-state index contributed by atoms with van der Waals surface area (Å²) < 4.78 is 27.8. The van der Waals surface area contributed by atoms with Crippen LogP contribution in [0.2, 0.25) is 0 Å². The van der Waals surface area contributed by atoms with Gasteiger partial charge in [0, 0.05) is 74.9 Å². The quantitative estimate of drug-likeness (QED) is 0.546. The van der Waals surface area contributed by atoms with Crippen molar-refractivity contribution in [1.82, 2.24) is 24.6 Å². The van der Waals surface area contributed by atoms with Crippen LogP contribution >= 0.6 is 0 Å². The first kappa shape index (κ1) is 30.8. The number of likely N-dealkylation sites (N-methyl/N-ethyl adjacent to an activating group) is 1. The predicted octanol–water partition coefficient (Wildman–Crippen LogP) is 2.79. The third-order valence-electron chi connectivity index (χ3n) is 9.06. The molecule has 1 aromatic carbocycles. The number of aromatic nitrogens is 1. The summed E-state index contributed by atoms with van der Waals surface area (Å²) in [6.07, 6.45) is 0.852. The molecule has 43 heavy (non-hydrogen) atoms. The van der Waals surface area contributed by atoms with Crippen molar-refractivity contribution >= 4 is 23.6 Å². The zero-order valence-corrected chi connectivity index (χ0v) is 25.4. The molecule has 0 saturated carbocycles. The predicted molar refractivity (Wildman–Crippen MR) is 157 cm³/mol. The van der Waals surface area contributed by atoms with Crippen molar-refractivity contribution in [2.75, 3.05) is 57.8 Å². The fourth-order valence-electron chi connectivity index (χ4n) is 6.44. The second-order valence-electron chi connectivity index (χ2n) is 12.9. The van der Waals surface area contributed by atoms with E-state index in [2.05, 4.69) is 4.98 Å². The minimum Gasteiger partial charge on any atom is -0.465 e. The Labute approximate surface area is 250 Å². The third kappa shape index (κ3) is 6.35. The van der Waals surface area contributed by atoms with Crippen molar-refractivity contribution in [3.8, 4) is 0 Å². The summed E-state index contributed by atoms with van der Waals surface area (Å²) in [7, 11) is 1.91. The molecule has 0 aliphatic carbocycles. The highest BCUT2D eigenvalue weighted by Crippen LogP contribution is 2.40. The van der Waals surface area contributed by atoms with Crippen LogP contribution in [0.1, 0.15) is 44.5 Å². The molecule has 0 unspecified atom stereocenters. The SMILES string of the molecule is C[C@@H]1CN(CC(=O)N2CC(C)(C)c3ncc(Cc4ccc(F)cc4F)cc32)[C@@H](CN2C[C@H](C)N(C)CC2=O)CN1C(=O)O. The van der Waals surface area contributed by atoms with E-state index in [0.717, 1.165) is 11.8 Å². The summed E-state index contributed by atoms with van der Waals surface area (Å²) >= 11 is 0. The molecule has 1 N–H and O–H groups in total. The fourth-order valence-corrected chi connectivity index (χ4v) is 6.44. The van der Waals surface area contributed by atoms with Crippen LogP contribution < -0.4 is 4.90 Å². The molecule has 232 valence electrons. The lowest BCUT2D eigenvalue weighted by Crippen LogP contribution is -2.64. The van der Waals surface area contributed by atoms with Gasteiger partial charge in [-0.1, -0.05) is 19.9 Å². The number of hydrogen-bond donors (Lipinski definition) is 1. The molecule has 3 amide bonds. The molecule has 4 heterocycles. The maximum atomic E-state index is 14.4. The summed E-state index contributed by atoms with van der Waals surface area (Å²) in [5.74, 6) is -1.45. The van der Waals surface area contributed by atoms with Crippen LogP contribution in [-0.4, -0.2) is 119 Å². The molecule has 12 heteroatoms. The van der Waals surface area contributed by atoms with E-state index in [4.69, 9.17) is 0 Å². The van der Waals surface area contributed by atoms with Crippen LogP contribution in [-0.2, 0) is 21.4 Å². The zero-order chi connectivity index (χ0) is 31.2. The Balaban J connectivity index is 1.37. The number of piperazine rings is 2. The molecule has 10 nitrogen and oxygen atoms in total. The molecule has 2 fully saturated rings. The van der Waals surface area contributed by atoms with E-state index in [-0.39, 0.29) is 49.5 Å². The average Bonchev–Trinajstić information content (AvgIpc) is 3.20. The van der Waals surface area contributed by atoms with Crippen molar-refractivity contribution in [3.05, 3.63) is 58.9 Å². The van der Waals surface area contributed by atoms with Gasteiger partial charge in [-0.3, -0.25) is 24.4 Å². The topological polar surface area (TPSA) is 101 Å². The van der Waals surface area contributed by atoms with E-state index in [1.807, 2.05) is 50.6 Å². The Kier molecular flexibility index (Phi) is 8.45. The van der Waals surface area contributed by atoms with Gasteiger partial charge < -0.3 is 19.8 Å². The first-order chi connectivity index (χ1) is 20.2. The minimum absolute atomic E-state index is 0.0150. The summed E-state index contributed by atoms with van der Waals surface area (Å²) in [4.78, 5) is 52.4. The molecular formula is C31H40F2N6O4. The standard InChI is InChI=1S/C31H40F2N6O4/c1-19-12-37(27(40)16-35(19)5)14-24-15-38(30(42)43)20(2)13-36(24)17-28(41)39-18-31(3,4)29-26(39)9-21(11-34-29)8-22-6-7-23(32)10-25(22)33/h6-7,9-11,19-20,24H,8,12-18H2,1-5H3,(H,42,43)/t19-,20+,24-/m0/s1. The van der Waals surface area contributed by atoms with Crippen molar-refractivity contribution in [3.63, 3.8) is 0 Å². The Morgan fingerprint density at radius 2 is 1.84 bits per heavy atom. The van der Waals surface area contributed by atoms with Gasteiger partial charge in [-0.25, -0.2) is 13.6 Å². The van der Waals surface area contributed by atoms with E-state index >= 15 is 0 Å². The van der Waals surface area contributed by atoms with Gasteiger partial charge >= 0.3 is 6.09 Å². The summed E-state index contributed by atoms with van der Waals surface area (Å²) in [6, 6.07) is 4.82. The number of halogens is 2. The lowest BCUT2D eigenvalue weighted by Gasteiger charge is -2.47. The lowest BCUT2D eigenvalue weighted by molar-refractivity contribution is -0.139. The van der Waals surface area contributed by atoms with Crippen molar-refractivity contribution in [2.45, 2.75) is 57.7 Å². The second-order valence-corrected chi connectivity index (χ2v) is 12.9. The highest BCUT2D eigenvalue weighted by Gasteiger charge is 2.42. The van der Waals surface area contributed by atoms with Crippen LogP contribution in [0.4, 0.5) is 19.3 Å². The van der Waals surface area contributed by atoms with Gasteiger partial charge in [-0.15, -0.1) is 0 Å². The number of carboxylic acid groups (broad SMARTS) is 1. The van der Waals surface area contributed by atoms with Gasteiger partial charge in [0.05, 0.1) is 24.5 Å². The number of rotatable bonds is 6. The monoisotopic (exact) mass is 598 g/mol. The summed E-state index contributed by atoms with van der Waals surface area (Å²) in [5.41, 5.74) is 2.04. The van der Waals surface area contributed by atoms with Crippen molar-refractivity contribution < 1.29 is 28.3 Å². The molecule has 2 saturated heterocycles. The molecule has 3 atom stereocenters. The van der Waals surface area contributed by atoms with E-state index in [1.54, 1.807) is 16.0 Å². The number of benzene rings is 1. The number of pyridine rings is 1.